The van der Waals surface area contributed by atoms with Crippen molar-refractivity contribution in [3.05, 3.63) is 378 Å². The maximum atomic E-state index is 13.0. The highest BCUT2D eigenvalue weighted by Gasteiger charge is 2.32. The largest absolute Gasteiger partial charge is 0.497 e. The number of nitrogens with two attached hydrogens (primary N) is 1. The first-order chi connectivity index (χ1) is 67.5. The van der Waals surface area contributed by atoms with Crippen LogP contribution in [-0.4, -0.2) is 190 Å². The van der Waals surface area contributed by atoms with Gasteiger partial charge < -0.3 is 49.7 Å². The SMILES string of the molecule is COC(=O)[C@@H](Cc1ccccc1)NS(=O)(=O)c1ccc(-c2ncc(-c3ccc(OC)cc3)s2)cc1.COC(=O)[C@@H](Cc1ccccc1)NS(=O)(=O)c1ccc(C(=O)NCC(=O)c2ccc(C)cc2)cc1.COC(=O)[C@@H](Cc1ccccc1)NS(=O)(=O)c1ccc(C(=O)O)cc1.COc1ccc(-c2cnc(-c3ccc(S(=O)(=O)N[C@H](Cc4ccccc4)C(=O)O)cc3)s2)cc1.COc1ccc(C(=O)CN)cc1.Cl.[BH4-]. The number of nitrogens with one attached hydrogen (secondary N) is 5. The third-order valence-electron chi connectivity index (χ3n) is 20.9. The Hall–Kier alpha value is -14.6. The molecule has 0 aliphatic rings. The highest BCUT2D eigenvalue weighted by Crippen LogP contribution is 2.36. The highest BCUT2D eigenvalue weighted by atomic mass is 35.5. The van der Waals surface area contributed by atoms with Crippen LogP contribution in [0, 0.1) is 6.92 Å². The van der Waals surface area contributed by atoms with Crippen LogP contribution in [0.25, 0.3) is 42.0 Å². The first kappa shape index (κ1) is 114. The van der Waals surface area contributed by atoms with Crippen LogP contribution in [-0.2, 0) is 99.2 Å². The molecule has 4 atom stereocenters. The zero-order chi connectivity index (χ0) is 102. The van der Waals surface area contributed by atoms with Crippen molar-refractivity contribution in [3.63, 3.8) is 0 Å². The average molecular weight is 2080 g/mol. The van der Waals surface area contributed by atoms with E-state index in [0.29, 0.717) is 11.1 Å². The second-order valence-electron chi connectivity index (χ2n) is 30.6. The molecule has 0 saturated heterocycles. The number of halogens is 1. The van der Waals surface area contributed by atoms with Gasteiger partial charge in [0, 0.05) is 40.2 Å². The second-order valence-corrected chi connectivity index (χ2v) is 39.5. The molecule has 2 heterocycles. The van der Waals surface area contributed by atoms with Gasteiger partial charge in [0.25, 0.3) is 5.91 Å². The molecular weight excluding hydrogens is 1970 g/mol. The quantitative estimate of drug-likeness (QED) is 0.00771. The molecule has 143 heavy (non-hydrogen) atoms. The Labute approximate surface area is 844 Å². The van der Waals surface area contributed by atoms with E-state index < -0.39 is 100 Å². The predicted molar refractivity (Wildman–Crippen MR) is 552 cm³/mol. The van der Waals surface area contributed by atoms with Gasteiger partial charge in [-0.25, -0.2) is 48.4 Å². The van der Waals surface area contributed by atoms with Crippen molar-refractivity contribution in [2.45, 2.75) is 76.4 Å². The molecular formula is C103H105BClN8O24S6-. The van der Waals surface area contributed by atoms with Gasteiger partial charge in [0.1, 0.15) is 51.4 Å². The summed E-state index contributed by atoms with van der Waals surface area (Å²) in [6, 6.07) is 83.2. The predicted octanol–water partition coefficient (Wildman–Crippen LogP) is 12.9. The van der Waals surface area contributed by atoms with Crippen LogP contribution < -0.4 is 44.1 Å². The fourth-order valence-electron chi connectivity index (χ4n) is 13.3. The molecule has 0 aliphatic carbocycles. The Morgan fingerprint density at radius 2 is 0.608 bits per heavy atom. The number of carboxylic acids is 2. The third-order valence-corrected chi connectivity index (χ3v) is 29.0. The van der Waals surface area contributed by atoms with Crippen LogP contribution >= 0.6 is 35.1 Å². The van der Waals surface area contributed by atoms with Gasteiger partial charge in [0.15, 0.2) is 11.6 Å². The first-order valence-electron chi connectivity index (χ1n) is 42.9. The average Bonchev–Trinajstić information content (AvgIpc) is 1.12. The molecule has 1 amide bonds. The van der Waals surface area contributed by atoms with Gasteiger partial charge in [-0.05, 0) is 212 Å². The van der Waals surface area contributed by atoms with Gasteiger partial charge in [0.2, 0.25) is 40.1 Å². The first-order valence-corrected chi connectivity index (χ1v) is 50.4. The van der Waals surface area contributed by atoms with Gasteiger partial charge >= 0.3 is 29.8 Å². The molecule has 748 valence electrons. The summed E-state index contributed by atoms with van der Waals surface area (Å²) in [5, 5.41) is 22.4. The molecule has 9 N–H and O–H groups in total. The van der Waals surface area contributed by atoms with Crippen LogP contribution in [0.1, 0.15) is 69.2 Å². The van der Waals surface area contributed by atoms with E-state index in [4.69, 9.17) is 34.5 Å². The van der Waals surface area contributed by atoms with Gasteiger partial charge in [0.05, 0.1) is 90.6 Å². The maximum absolute atomic E-state index is 13.0. The van der Waals surface area contributed by atoms with Crippen LogP contribution in [0.2, 0.25) is 0 Å². The van der Waals surface area contributed by atoms with Crippen molar-refractivity contribution in [2.24, 2.45) is 5.73 Å². The number of sulfonamides is 4. The van der Waals surface area contributed by atoms with Gasteiger partial charge in [-0.3, -0.25) is 33.6 Å². The molecule has 12 aromatic carbocycles. The summed E-state index contributed by atoms with van der Waals surface area (Å²) in [6.07, 6.45) is 4.02. The number of hydrogen-bond donors (Lipinski definition) is 8. The van der Waals surface area contributed by atoms with Crippen molar-refractivity contribution in [2.75, 3.05) is 55.7 Å². The number of aryl methyl sites for hydroxylation is 1. The number of hydrogen-bond acceptors (Lipinski definition) is 27. The lowest BCUT2D eigenvalue weighted by Gasteiger charge is -2.17. The van der Waals surface area contributed by atoms with Crippen LogP contribution in [0.5, 0.6) is 17.2 Å². The summed E-state index contributed by atoms with van der Waals surface area (Å²) < 4.78 is 141. The topological polar surface area (TPSA) is 481 Å². The zero-order valence-corrected chi connectivity index (χ0v) is 83.1. The smallest absolute Gasteiger partial charge is 0.335 e. The van der Waals surface area contributed by atoms with E-state index in [-0.39, 0.29) is 102 Å². The van der Waals surface area contributed by atoms with Gasteiger partial charge in [-0.15, -0.1) is 35.1 Å². The van der Waals surface area contributed by atoms with E-state index in [9.17, 15) is 77.1 Å². The molecule has 0 saturated carbocycles. The monoisotopic (exact) mass is 2080 g/mol. The van der Waals surface area contributed by atoms with E-state index in [1.807, 2.05) is 116 Å². The fourth-order valence-corrected chi connectivity index (χ4v) is 19.8. The summed E-state index contributed by atoms with van der Waals surface area (Å²) >= 11 is 2.99. The van der Waals surface area contributed by atoms with Gasteiger partial charge in [-0.1, -0.05) is 184 Å². The van der Waals surface area contributed by atoms with E-state index in [1.54, 1.807) is 167 Å². The minimum Gasteiger partial charge on any atom is -0.497 e. The van der Waals surface area contributed by atoms with Crippen LogP contribution in [0.3, 0.4) is 0 Å². The Balaban J connectivity index is 0.000000224. The number of ether oxygens (including phenoxy) is 6. The number of carbonyl (C=O) groups is 8. The van der Waals surface area contributed by atoms with E-state index in [1.165, 1.54) is 117 Å². The van der Waals surface area contributed by atoms with E-state index in [2.05, 4.69) is 38.9 Å². The Morgan fingerprint density at radius 3 is 0.902 bits per heavy atom. The number of thiazole rings is 2. The normalized spacial score (nSPS) is 11.8. The van der Waals surface area contributed by atoms with Crippen molar-refractivity contribution in [3.8, 4) is 59.3 Å². The highest BCUT2D eigenvalue weighted by molar-refractivity contribution is 7.90. The lowest BCUT2D eigenvalue weighted by atomic mass is 10.1. The Morgan fingerprint density at radius 1 is 0.343 bits per heavy atom. The molecule has 0 bridgehead atoms. The standard InChI is InChI=1S/C26H26N2O6S.C26H24N2O5S2.C25H22N2O5S2.C17H17NO6S.C9H11NO2.BH4.ClH/c1-18-8-10-20(11-9-18)24(29)17-27-25(30)21-12-14-22(15-13-21)35(32,33)28-23(26(31)34-2)16-19-6-4-3-5-7-19;1-32-21-12-8-19(9-13-21)24-17-27-25(34-24)20-10-14-22(15-11-20)35(30,31)28-23(26(29)33-2)16-18-6-4-3-5-7-18;1-32-20-11-7-18(8-12-20)23-16-26-24(33-23)19-9-13-21(14-10-19)34(30,31)27-22(25(28)29)15-17-5-3-2-4-6-17;1-24-17(21)15(11-12-5-3-2-4-6-12)18-25(22,23)14-9-7-13(8-10-14)16(19)20;1-12-8-4-2-7(3-5-8)9(11)6-10;;/h3-15,23,28H,16-17H2,1-2H3,(H,27,30);3-15,17,23,28H,16H2,1-2H3;2-14,16,22,27H,15H2,1H3,(H,28,29);2-10,15,18H,11H2,1H3,(H,19,20);2-5H,6,10H2,1H3;1H4;1H/q;;;;;-1;/t2*23-;22-;15-;;;/m1111.../s1. The molecule has 14 aromatic rings. The summed E-state index contributed by atoms with van der Waals surface area (Å²) in [5.74, 6) is -3.00. The zero-order valence-electron chi connectivity index (χ0n) is 77.4. The van der Waals surface area contributed by atoms with E-state index in [0.717, 1.165) is 87.1 Å². The minimum atomic E-state index is -4.08. The number of rotatable bonds is 38. The molecule has 14 rings (SSSR count). The molecule has 0 spiro atoms. The van der Waals surface area contributed by atoms with Crippen molar-refractivity contribution >= 4 is 131 Å². The fraction of sp³-hybridized carbons (Fsp3) is 0.165. The molecule has 2 aromatic heterocycles. The van der Waals surface area contributed by atoms with Crippen molar-refractivity contribution < 1.29 is 111 Å². The number of esters is 3. The molecule has 32 nitrogen and oxygen atoms in total. The molecule has 0 radical (unpaired) electrons. The molecule has 0 fully saturated rings. The summed E-state index contributed by atoms with van der Waals surface area (Å²) in [6.45, 7) is 1.77. The Kier molecular flexibility index (Phi) is 43.7. The van der Waals surface area contributed by atoms with Gasteiger partial charge in [-0.2, -0.15) is 18.9 Å². The number of carbonyl (C=O) groups excluding carboxylic acids is 6. The summed E-state index contributed by atoms with van der Waals surface area (Å²) in [4.78, 5) is 105. The number of aliphatic carboxylic acids is 1. The second kappa shape index (κ2) is 55.0. The molecule has 0 unspecified atom stereocenters. The number of amides is 1. The number of benzene rings is 12. The Bertz CT molecular complexity index is 7050. The van der Waals surface area contributed by atoms with Crippen molar-refractivity contribution in [1.82, 2.24) is 34.2 Å². The summed E-state index contributed by atoms with van der Waals surface area (Å²) in [5.41, 5.74) is 14.1. The van der Waals surface area contributed by atoms with Crippen molar-refractivity contribution in [1.29, 1.82) is 0 Å². The van der Waals surface area contributed by atoms with Crippen LogP contribution in [0.15, 0.2) is 347 Å². The van der Waals surface area contributed by atoms with Crippen LogP contribution in [0.4, 0.5) is 0 Å². The molecule has 0 aliphatic heterocycles. The minimum absolute atomic E-state index is 0. The number of carboxylic acid groups (broad SMARTS) is 2. The van der Waals surface area contributed by atoms with E-state index >= 15 is 0 Å². The number of nitrogens with zero attached hydrogens (tertiary/aromatic N) is 2. The number of aromatic carboxylic acids is 1. The number of aromatic nitrogens is 2. The third kappa shape index (κ3) is 34.1. The lowest BCUT2D eigenvalue weighted by molar-refractivity contribution is -0.143. The maximum Gasteiger partial charge on any atom is 0.335 e. The lowest BCUT2D eigenvalue weighted by Crippen LogP contribution is -2.43. The summed E-state index contributed by atoms with van der Waals surface area (Å²) in [7, 11) is -7.67. The number of ketones is 2. The number of Topliss-reactive ketones (excluding diaryl/α,β-unsaturated/α-hetero) is 2. The number of methoxy groups -OCH3 is 6. The molecule has 40 heteroatoms.